The number of carbonyl (C=O) groups is 2. The van der Waals surface area contributed by atoms with E-state index in [1.165, 1.54) is 0 Å². The van der Waals surface area contributed by atoms with Crippen LogP contribution in [0, 0.1) is 26.2 Å². The van der Waals surface area contributed by atoms with E-state index in [9.17, 15) is 9.59 Å². The van der Waals surface area contributed by atoms with E-state index in [2.05, 4.69) is 10.6 Å². The Balaban J connectivity index is 1.77. The molecule has 0 radical (unpaired) electrons. The summed E-state index contributed by atoms with van der Waals surface area (Å²) in [6.07, 6.45) is 1.08. The zero-order valence-electron chi connectivity index (χ0n) is 17.2. The molecule has 0 bridgehead atoms. The van der Waals surface area contributed by atoms with Gasteiger partial charge in [0.25, 0.3) is 0 Å². The van der Waals surface area contributed by atoms with E-state index in [1.807, 2.05) is 65.0 Å². The summed E-state index contributed by atoms with van der Waals surface area (Å²) < 4.78 is 5.76. The van der Waals surface area contributed by atoms with Crippen LogP contribution in [0.4, 0.5) is 11.4 Å². The van der Waals surface area contributed by atoms with Crippen molar-refractivity contribution in [2.45, 2.75) is 53.6 Å². The van der Waals surface area contributed by atoms with Crippen molar-refractivity contribution in [3.63, 3.8) is 0 Å². The molecule has 0 heterocycles. The number of para-hydroxylation sites is 2. The molecule has 2 aromatic carbocycles. The van der Waals surface area contributed by atoms with E-state index in [4.69, 9.17) is 4.74 Å². The third-order valence-electron chi connectivity index (χ3n) is 5.03. The number of carbonyl (C=O) groups excluding carboxylic acids is 2. The predicted molar refractivity (Wildman–Crippen MR) is 112 cm³/mol. The van der Waals surface area contributed by atoms with Gasteiger partial charge in [0, 0.05) is 5.69 Å². The molecule has 1 aliphatic rings. The highest BCUT2D eigenvalue weighted by atomic mass is 16.5. The molecular formula is C23H28N2O3. The lowest BCUT2D eigenvalue weighted by molar-refractivity contribution is -0.131. The van der Waals surface area contributed by atoms with Crippen LogP contribution in [-0.2, 0) is 9.59 Å². The minimum atomic E-state index is -1.02. The molecule has 0 spiro atoms. The molecule has 2 N–H and O–H groups in total. The van der Waals surface area contributed by atoms with Crippen molar-refractivity contribution in [2.24, 2.45) is 5.41 Å². The van der Waals surface area contributed by atoms with Crippen LogP contribution in [0.5, 0.6) is 5.75 Å². The first-order valence-corrected chi connectivity index (χ1v) is 9.69. The highest BCUT2D eigenvalue weighted by molar-refractivity contribution is 6.17. The number of nitrogens with one attached hydrogen (secondary N) is 2. The summed E-state index contributed by atoms with van der Waals surface area (Å²) in [5, 5.41) is 5.89. The number of anilines is 2. The van der Waals surface area contributed by atoms with Gasteiger partial charge in [-0.3, -0.25) is 9.59 Å². The normalized spacial score (nSPS) is 14.5. The zero-order valence-corrected chi connectivity index (χ0v) is 17.2. The first-order valence-electron chi connectivity index (χ1n) is 9.69. The number of ether oxygens (including phenoxy) is 1. The summed E-state index contributed by atoms with van der Waals surface area (Å²) in [6.45, 7) is 9.82. The second-order valence-corrected chi connectivity index (χ2v) is 7.93. The van der Waals surface area contributed by atoms with Gasteiger partial charge in [-0.05, 0) is 70.7 Å². The van der Waals surface area contributed by atoms with Crippen LogP contribution in [0.25, 0.3) is 0 Å². The quantitative estimate of drug-likeness (QED) is 0.710. The highest BCUT2D eigenvalue weighted by Crippen LogP contribution is 2.48. The van der Waals surface area contributed by atoms with Crippen LogP contribution >= 0.6 is 0 Å². The van der Waals surface area contributed by atoms with Crippen molar-refractivity contribution >= 4 is 23.2 Å². The minimum Gasteiger partial charge on any atom is -0.489 e. The summed E-state index contributed by atoms with van der Waals surface area (Å²) in [7, 11) is 0. The standard InChI is InChI=1S/C23H28N2O3/c1-14(2)28-19-9-7-6-8-18(19)24-21(26)23(10-11-23)22(27)25-20-16(4)12-15(3)13-17(20)5/h6-9,12-14H,10-11H2,1-5H3,(H,24,26)(H,25,27). The molecule has 28 heavy (non-hydrogen) atoms. The number of hydrogen-bond donors (Lipinski definition) is 2. The Hall–Kier alpha value is -2.82. The fraction of sp³-hybridized carbons (Fsp3) is 0.391. The lowest BCUT2D eigenvalue weighted by Gasteiger charge is -2.20. The van der Waals surface area contributed by atoms with Gasteiger partial charge in [-0.2, -0.15) is 0 Å². The molecule has 3 rings (SSSR count). The van der Waals surface area contributed by atoms with Crippen molar-refractivity contribution in [1.29, 1.82) is 0 Å². The van der Waals surface area contributed by atoms with Gasteiger partial charge in [-0.25, -0.2) is 0 Å². The smallest absolute Gasteiger partial charge is 0.240 e. The highest BCUT2D eigenvalue weighted by Gasteiger charge is 2.56. The minimum absolute atomic E-state index is 0.0104. The largest absolute Gasteiger partial charge is 0.489 e. The first kappa shape index (κ1) is 19.9. The summed E-state index contributed by atoms with van der Waals surface area (Å²) in [6, 6.07) is 11.4. The molecule has 2 aromatic rings. The topological polar surface area (TPSA) is 67.4 Å². The summed E-state index contributed by atoms with van der Waals surface area (Å²) in [5.74, 6) is 0.0711. The second kappa shape index (κ2) is 7.66. The number of benzene rings is 2. The van der Waals surface area contributed by atoms with Gasteiger partial charge in [0.2, 0.25) is 11.8 Å². The van der Waals surface area contributed by atoms with Crippen molar-refractivity contribution in [3.05, 3.63) is 53.1 Å². The molecular weight excluding hydrogens is 352 g/mol. The molecule has 0 atom stereocenters. The van der Waals surface area contributed by atoms with Gasteiger partial charge >= 0.3 is 0 Å². The average Bonchev–Trinajstić information content (AvgIpc) is 3.41. The fourth-order valence-corrected chi connectivity index (χ4v) is 3.46. The maximum atomic E-state index is 13.0. The Morgan fingerprint density at radius 1 is 0.964 bits per heavy atom. The molecule has 0 unspecified atom stereocenters. The SMILES string of the molecule is Cc1cc(C)c(NC(=O)C2(C(=O)Nc3ccccc3OC(C)C)CC2)c(C)c1. The Morgan fingerprint density at radius 3 is 2.11 bits per heavy atom. The average molecular weight is 380 g/mol. The lowest BCUT2D eigenvalue weighted by Crippen LogP contribution is -2.36. The van der Waals surface area contributed by atoms with Gasteiger partial charge < -0.3 is 15.4 Å². The third-order valence-corrected chi connectivity index (χ3v) is 5.03. The van der Waals surface area contributed by atoms with Crippen molar-refractivity contribution in [2.75, 3.05) is 10.6 Å². The summed E-state index contributed by atoms with van der Waals surface area (Å²) >= 11 is 0. The van der Waals surface area contributed by atoms with E-state index in [0.29, 0.717) is 24.3 Å². The first-order chi connectivity index (χ1) is 13.2. The predicted octanol–water partition coefficient (Wildman–Crippen LogP) is 4.76. The fourth-order valence-electron chi connectivity index (χ4n) is 3.46. The van der Waals surface area contributed by atoms with Crippen molar-refractivity contribution in [3.8, 4) is 5.75 Å². The van der Waals surface area contributed by atoms with Gasteiger partial charge in [-0.1, -0.05) is 29.8 Å². The summed E-state index contributed by atoms with van der Waals surface area (Å²) in [4.78, 5) is 25.9. The number of rotatable bonds is 6. The van der Waals surface area contributed by atoms with E-state index in [-0.39, 0.29) is 17.9 Å². The van der Waals surface area contributed by atoms with Gasteiger partial charge in [0.1, 0.15) is 11.2 Å². The molecule has 0 saturated heterocycles. The van der Waals surface area contributed by atoms with Crippen LogP contribution in [0.3, 0.4) is 0 Å². The molecule has 5 heteroatoms. The number of aryl methyl sites for hydroxylation is 3. The molecule has 0 aliphatic heterocycles. The molecule has 0 aromatic heterocycles. The van der Waals surface area contributed by atoms with Crippen molar-refractivity contribution < 1.29 is 14.3 Å². The molecule has 1 fully saturated rings. The number of amides is 2. The molecule has 1 aliphatic carbocycles. The Morgan fingerprint density at radius 2 is 1.54 bits per heavy atom. The Bertz CT molecular complexity index is 891. The number of hydrogen-bond acceptors (Lipinski definition) is 3. The maximum absolute atomic E-state index is 13.0. The molecule has 148 valence electrons. The van der Waals surface area contributed by atoms with E-state index in [1.54, 1.807) is 6.07 Å². The van der Waals surface area contributed by atoms with Crippen LogP contribution in [-0.4, -0.2) is 17.9 Å². The van der Waals surface area contributed by atoms with Crippen LogP contribution < -0.4 is 15.4 Å². The van der Waals surface area contributed by atoms with E-state index in [0.717, 1.165) is 22.4 Å². The lowest BCUT2D eigenvalue weighted by atomic mass is 10.0. The summed E-state index contributed by atoms with van der Waals surface area (Å²) in [5.41, 5.74) is 3.50. The third kappa shape index (κ3) is 4.03. The van der Waals surface area contributed by atoms with Crippen LogP contribution in [0.2, 0.25) is 0 Å². The maximum Gasteiger partial charge on any atom is 0.240 e. The van der Waals surface area contributed by atoms with Gasteiger partial charge in [0.05, 0.1) is 11.8 Å². The molecule has 1 saturated carbocycles. The van der Waals surface area contributed by atoms with Gasteiger partial charge in [-0.15, -0.1) is 0 Å². The zero-order chi connectivity index (χ0) is 20.5. The van der Waals surface area contributed by atoms with Crippen LogP contribution in [0.1, 0.15) is 43.4 Å². The van der Waals surface area contributed by atoms with Gasteiger partial charge in [0.15, 0.2) is 0 Å². The monoisotopic (exact) mass is 380 g/mol. The molecule has 5 nitrogen and oxygen atoms in total. The van der Waals surface area contributed by atoms with E-state index < -0.39 is 5.41 Å². The Labute approximate surface area is 166 Å². The molecule has 2 amide bonds. The van der Waals surface area contributed by atoms with E-state index >= 15 is 0 Å². The van der Waals surface area contributed by atoms with Crippen LogP contribution in [0.15, 0.2) is 36.4 Å². The second-order valence-electron chi connectivity index (χ2n) is 7.93. The van der Waals surface area contributed by atoms with Crippen molar-refractivity contribution in [1.82, 2.24) is 0 Å². The Kier molecular flexibility index (Phi) is 5.45.